The smallest absolute Gasteiger partial charge is 0.344 e. The normalized spacial score (nSPS) is 11.6. The molecule has 1 aromatic carbocycles. The number of hydrogen-bond donors (Lipinski definition) is 1. The summed E-state index contributed by atoms with van der Waals surface area (Å²) in [5.41, 5.74) is 9.19. The summed E-state index contributed by atoms with van der Waals surface area (Å²) in [6.45, 7) is 5.70. The van der Waals surface area contributed by atoms with Crippen molar-refractivity contribution in [1.82, 2.24) is 14.5 Å². The molecule has 7 nitrogen and oxygen atoms in total. The first-order chi connectivity index (χ1) is 13.0. The molecule has 0 unspecified atom stereocenters. The number of nitrogens with two attached hydrogens (primary N) is 1. The van der Waals surface area contributed by atoms with Gasteiger partial charge in [0.05, 0.1) is 17.6 Å². The zero-order valence-electron chi connectivity index (χ0n) is 16.1. The minimum Gasteiger partial charge on any atom is -0.462 e. The number of benzene rings is 1. The molecule has 0 spiro atoms. The van der Waals surface area contributed by atoms with Crippen LogP contribution in [0.4, 0.5) is 5.82 Å². The highest BCUT2D eigenvalue weighted by atomic mass is 16.5. The molecule has 0 fully saturated rings. The molecule has 2 aromatic heterocycles. The molecule has 0 amide bonds. The van der Waals surface area contributed by atoms with Crippen LogP contribution in [-0.2, 0) is 16.0 Å². The zero-order chi connectivity index (χ0) is 19.4. The Balaban J connectivity index is 2.06. The Morgan fingerprint density at radius 1 is 1.19 bits per heavy atom. The summed E-state index contributed by atoms with van der Waals surface area (Å²) >= 11 is 0. The summed E-state index contributed by atoms with van der Waals surface area (Å²) in [5.74, 6) is 0.341. The van der Waals surface area contributed by atoms with Gasteiger partial charge in [0.25, 0.3) is 0 Å². The van der Waals surface area contributed by atoms with Crippen LogP contribution in [-0.4, -0.2) is 40.8 Å². The number of carbonyl (C=O) groups excluding carboxylic acids is 1. The Hall–Kier alpha value is -2.67. The van der Waals surface area contributed by atoms with Crippen LogP contribution < -0.4 is 5.73 Å². The van der Waals surface area contributed by atoms with E-state index in [4.69, 9.17) is 20.2 Å². The Kier molecular flexibility index (Phi) is 5.91. The van der Waals surface area contributed by atoms with Gasteiger partial charge < -0.3 is 19.8 Å². The highest BCUT2D eigenvalue weighted by Crippen LogP contribution is 2.28. The number of aromatic nitrogens is 3. The molecule has 0 saturated heterocycles. The summed E-state index contributed by atoms with van der Waals surface area (Å²) in [6.07, 6.45) is 1.55. The van der Waals surface area contributed by atoms with Crippen LogP contribution >= 0.6 is 0 Å². The zero-order valence-corrected chi connectivity index (χ0v) is 16.1. The molecule has 7 heteroatoms. The van der Waals surface area contributed by atoms with Gasteiger partial charge in [-0.25, -0.2) is 14.8 Å². The van der Waals surface area contributed by atoms with Gasteiger partial charge in [0.2, 0.25) is 0 Å². The predicted molar refractivity (Wildman–Crippen MR) is 106 cm³/mol. The van der Waals surface area contributed by atoms with E-state index >= 15 is 0 Å². The Bertz CT molecular complexity index is 949. The van der Waals surface area contributed by atoms with E-state index < -0.39 is 5.97 Å². The molecule has 144 valence electrons. The van der Waals surface area contributed by atoms with Crippen LogP contribution in [0.15, 0.2) is 24.3 Å². The van der Waals surface area contributed by atoms with Gasteiger partial charge in [-0.05, 0) is 30.9 Å². The van der Waals surface area contributed by atoms with Gasteiger partial charge in [0.1, 0.15) is 16.9 Å². The Morgan fingerprint density at radius 3 is 2.56 bits per heavy atom. The van der Waals surface area contributed by atoms with Crippen LogP contribution in [0.5, 0.6) is 0 Å². The van der Waals surface area contributed by atoms with Gasteiger partial charge in [0, 0.05) is 20.3 Å². The van der Waals surface area contributed by atoms with Crippen LogP contribution in [0.2, 0.25) is 0 Å². The molecule has 3 aromatic rings. The molecule has 0 aliphatic heterocycles. The average molecular weight is 370 g/mol. The number of esters is 1. The average Bonchev–Trinajstić information content (AvgIpc) is 2.90. The lowest BCUT2D eigenvalue weighted by Crippen LogP contribution is -2.12. The molecule has 3 rings (SSSR count). The minimum atomic E-state index is -0.451. The quantitative estimate of drug-likeness (QED) is 0.482. The fraction of sp³-hybridized carbons (Fsp3) is 0.450. The minimum absolute atomic E-state index is 0.296. The van der Waals surface area contributed by atoms with Crippen LogP contribution in [0.3, 0.4) is 0 Å². The van der Waals surface area contributed by atoms with Crippen molar-refractivity contribution in [1.29, 1.82) is 0 Å². The first kappa shape index (κ1) is 19.1. The van der Waals surface area contributed by atoms with E-state index in [0.717, 1.165) is 23.9 Å². The van der Waals surface area contributed by atoms with Crippen LogP contribution in [0.25, 0.3) is 22.2 Å². The number of nitrogens with zero attached hydrogens (tertiary/aromatic N) is 3. The molecule has 2 heterocycles. The van der Waals surface area contributed by atoms with Crippen molar-refractivity contribution < 1.29 is 14.3 Å². The molecular formula is C20H26N4O3. The van der Waals surface area contributed by atoms with Crippen molar-refractivity contribution in [3.8, 4) is 0 Å². The third-order valence-corrected chi connectivity index (χ3v) is 4.45. The molecule has 0 aliphatic rings. The van der Waals surface area contributed by atoms with Crippen LogP contribution in [0.1, 0.15) is 37.0 Å². The largest absolute Gasteiger partial charge is 0.462 e. The lowest BCUT2D eigenvalue weighted by Gasteiger charge is -2.08. The lowest BCUT2D eigenvalue weighted by molar-refractivity contribution is 0.0491. The van der Waals surface area contributed by atoms with Crippen molar-refractivity contribution in [2.75, 3.05) is 26.1 Å². The second-order valence-electron chi connectivity index (χ2n) is 6.96. The molecule has 0 radical (unpaired) electrons. The number of hydrogen-bond acceptors (Lipinski definition) is 6. The number of para-hydroxylation sites is 2. The second-order valence-corrected chi connectivity index (χ2v) is 6.96. The number of fused-ring (bicyclic) bond motifs is 2. The Morgan fingerprint density at radius 2 is 1.89 bits per heavy atom. The van der Waals surface area contributed by atoms with Gasteiger partial charge in [-0.2, -0.15) is 0 Å². The van der Waals surface area contributed by atoms with Gasteiger partial charge in [0.15, 0.2) is 5.65 Å². The highest BCUT2D eigenvalue weighted by Gasteiger charge is 2.25. The molecule has 0 aliphatic carbocycles. The van der Waals surface area contributed by atoms with Crippen LogP contribution in [0, 0.1) is 5.92 Å². The maximum atomic E-state index is 12.7. The SMILES string of the molecule is COCCCn1c(N)c(C(=O)OCCC(C)C)c2nc3ccccc3nc21. The fourth-order valence-electron chi connectivity index (χ4n) is 2.97. The molecule has 0 bridgehead atoms. The summed E-state index contributed by atoms with van der Waals surface area (Å²) < 4.78 is 12.4. The van der Waals surface area contributed by atoms with E-state index in [1.165, 1.54) is 0 Å². The molecular weight excluding hydrogens is 344 g/mol. The number of ether oxygens (including phenoxy) is 2. The summed E-state index contributed by atoms with van der Waals surface area (Å²) in [6, 6.07) is 7.56. The van der Waals surface area contributed by atoms with Crippen molar-refractivity contribution in [3.05, 3.63) is 29.8 Å². The monoisotopic (exact) mass is 370 g/mol. The summed E-state index contributed by atoms with van der Waals surface area (Å²) in [5, 5.41) is 0. The number of rotatable bonds is 8. The first-order valence-corrected chi connectivity index (χ1v) is 9.23. The fourth-order valence-corrected chi connectivity index (χ4v) is 2.97. The number of anilines is 1. The third-order valence-electron chi connectivity index (χ3n) is 4.45. The number of nitrogen functional groups attached to an aromatic ring is 1. The molecule has 2 N–H and O–H groups in total. The maximum Gasteiger partial charge on any atom is 0.344 e. The molecule has 0 saturated carbocycles. The van der Waals surface area contributed by atoms with E-state index in [0.29, 0.717) is 48.2 Å². The Labute approximate surface area is 158 Å². The van der Waals surface area contributed by atoms with E-state index in [1.807, 2.05) is 28.8 Å². The first-order valence-electron chi connectivity index (χ1n) is 9.23. The van der Waals surface area contributed by atoms with Crippen molar-refractivity contribution in [3.63, 3.8) is 0 Å². The van der Waals surface area contributed by atoms with Gasteiger partial charge in [-0.3, -0.25) is 0 Å². The van der Waals surface area contributed by atoms with E-state index in [2.05, 4.69) is 18.8 Å². The topological polar surface area (TPSA) is 92.3 Å². The lowest BCUT2D eigenvalue weighted by atomic mass is 10.1. The van der Waals surface area contributed by atoms with Gasteiger partial charge in [-0.15, -0.1) is 0 Å². The second kappa shape index (κ2) is 8.35. The highest BCUT2D eigenvalue weighted by molar-refractivity contribution is 6.08. The van der Waals surface area contributed by atoms with Crippen molar-refractivity contribution in [2.24, 2.45) is 5.92 Å². The summed E-state index contributed by atoms with van der Waals surface area (Å²) in [7, 11) is 1.65. The number of aryl methyl sites for hydroxylation is 1. The van der Waals surface area contributed by atoms with Crippen molar-refractivity contribution >= 4 is 34.0 Å². The standard InChI is InChI=1S/C20H26N4O3/c1-13(2)9-12-27-20(25)16-17-19(24(18(16)21)10-6-11-26-3)23-15-8-5-4-7-14(15)22-17/h4-5,7-8,13H,6,9-12,21H2,1-3H3. The van der Waals surface area contributed by atoms with Gasteiger partial charge in [-0.1, -0.05) is 26.0 Å². The van der Waals surface area contributed by atoms with E-state index in [1.54, 1.807) is 7.11 Å². The summed E-state index contributed by atoms with van der Waals surface area (Å²) in [4.78, 5) is 22.1. The van der Waals surface area contributed by atoms with Crippen molar-refractivity contribution in [2.45, 2.75) is 33.2 Å². The molecule has 27 heavy (non-hydrogen) atoms. The molecule has 0 atom stereocenters. The van der Waals surface area contributed by atoms with E-state index in [-0.39, 0.29) is 0 Å². The third kappa shape index (κ3) is 4.03. The maximum absolute atomic E-state index is 12.7. The number of carbonyl (C=O) groups is 1. The van der Waals surface area contributed by atoms with E-state index in [9.17, 15) is 4.79 Å². The van der Waals surface area contributed by atoms with Gasteiger partial charge >= 0.3 is 5.97 Å². The predicted octanol–water partition coefficient (Wildman–Crippen LogP) is 3.41. The number of methoxy groups -OCH3 is 1.